The van der Waals surface area contributed by atoms with Crippen LogP contribution in [0, 0.1) is 6.92 Å². The first-order valence-electron chi connectivity index (χ1n) is 6.09. The zero-order valence-electron chi connectivity index (χ0n) is 10.9. The van der Waals surface area contributed by atoms with E-state index in [4.69, 9.17) is 11.6 Å². The Morgan fingerprint density at radius 1 is 1.28 bits per heavy atom. The third-order valence-electron chi connectivity index (χ3n) is 2.88. The van der Waals surface area contributed by atoms with Crippen molar-refractivity contribution in [1.29, 1.82) is 0 Å². The molecule has 1 heterocycles. The number of rotatable bonds is 4. The van der Waals surface area contributed by atoms with E-state index in [0.29, 0.717) is 6.04 Å². The maximum Gasteiger partial charge on any atom is 0.103 e. The first-order chi connectivity index (χ1) is 8.56. The molecule has 2 rings (SSSR count). The van der Waals surface area contributed by atoms with Crippen molar-refractivity contribution in [1.82, 2.24) is 9.97 Å². The summed E-state index contributed by atoms with van der Waals surface area (Å²) in [4.78, 5) is 9.81. The van der Waals surface area contributed by atoms with Crippen LogP contribution in [0.3, 0.4) is 0 Å². The maximum atomic E-state index is 5.92. The van der Waals surface area contributed by atoms with E-state index in [1.54, 1.807) is 0 Å². The van der Waals surface area contributed by atoms with Gasteiger partial charge in [-0.1, -0.05) is 11.6 Å². The lowest BCUT2D eigenvalue weighted by Crippen LogP contribution is -2.30. The third-order valence-corrected chi connectivity index (χ3v) is 3.13. The van der Waals surface area contributed by atoms with Gasteiger partial charge < -0.3 is 9.88 Å². The van der Waals surface area contributed by atoms with Gasteiger partial charge in [0, 0.05) is 16.8 Å². The Morgan fingerprint density at radius 2 is 1.94 bits per heavy atom. The Kier molecular flexibility index (Phi) is 3.92. The number of nitrogens with zero attached hydrogens (tertiary/aromatic N) is 2. The van der Waals surface area contributed by atoms with Crippen LogP contribution in [-0.2, 0) is 6.54 Å². The molecular formula is C14H18ClN3. The molecule has 18 heavy (non-hydrogen) atoms. The molecule has 2 aromatic rings. The molecule has 1 aromatic heterocycles. The van der Waals surface area contributed by atoms with Gasteiger partial charge in [0.2, 0.25) is 0 Å². The zero-order valence-corrected chi connectivity index (χ0v) is 11.7. The fourth-order valence-electron chi connectivity index (χ4n) is 1.94. The molecule has 0 amide bonds. The Bertz CT molecular complexity index is 502. The van der Waals surface area contributed by atoms with Gasteiger partial charge in [0.25, 0.3) is 0 Å². The monoisotopic (exact) mass is 263 g/mol. The van der Waals surface area contributed by atoms with Crippen molar-refractivity contribution in [2.75, 3.05) is 4.90 Å². The van der Waals surface area contributed by atoms with E-state index in [9.17, 15) is 0 Å². The van der Waals surface area contributed by atoms with E-state index >= 15 is 0 Å². The molecule has 0 bridgehead atoms. The minimum absolute atomic E-state index is 0.412. The van der Waals surface area contributed by atoms with Gasteiger partial charge in [-0.3, -0.25) is 0 Å². The number of benzene rings is 1. The molecular weight excluding hydrogens is 246 g/mol. The van der Waals surface area contributed by atoms with Crippen molar-refractivity contribution in [3.8, 4) is 0 Å². The van der Waals surface area contributed by atoms with Crippen molar-refractivity contribution >= 4 is 17.3 Å². The molecule has 0 aliphatic carbocycles. The lowest BCUT2D eigenvalue weighted by atomic mass is 10.2. The summed E-state index contributed by atoms with van der Waals surface area (Å²) in [6, 6.07) is 8.35. The van der Waals surface area contributed by atoms with Crippen LogP contribution in [0.2, 0.25) is 5.02 Å². The van der Waals surface area contributed by atoms with E-state index in [0.717, 1.165) is 23.1 Å². The lowest BCUT2D eigenvalue weighted by Gasteiger charge is -2.28. The number of hydrogen-bond donors (Lipinski definition) is 1. The molecule has 0 aliphatic heterocycles. The number of imidazole rings is 1. The Morgan fingerprint density at radius 3 is 2.44 bits per heavy atom. The van der Waals surface area contributed by atoms with Crippen LogP contribution in [0.25, 0.3) is 0 Å². The summed E-state index contributed by atoms with van der Waals surface area (Å²) in [5.41, 5.74) is 2.29. The number of H-pyrrole nitrogens is 1. The number of hydrogen-bond acceptors (Lipinski definition) is 2. The molecule has 3 nitrogen and oxygen atoms in total. The Balaban J connectivity index is 2.20. The lowest BCUT2D eigenvalue weighted by molar-refractivity contribution is 0.675. The van der Waals surface area contributed by atoms with Crippen LogP contribution in [-0.4, -0.2) is 16.0 Å². The smallest absolute Gasteiger partial charge is 0.103 e. The zero-order chi connectivity index (χ0) is 13.1. The standard InChI is InChI=1S/C14H18ClN3/c1-10(2)18(9-13-8-16-11(3)17-13)14-6-4-12(15)5-7-14/h4-8,10H,9H2,1-3H3,(H,16,17). The summed E-state index contributed by atoms with van der Waals surface area (Å²) < 4.78 is 0. The van der Waals surface area contributed by atoms with Gasteiger partial charge in [-0.25, -0.2) is 4.98 Å². The number of nitrogens with one attached hydrogen (secondary N) is 1. The minimum atomic E-state index is 0.412. The predicted octanol–water partition coefficient (Wildman–Crippen LogP) is 3.79. The van der Waals surface area contributed by atoms with Gasteiger partial charge in [0.05, 0.1) is 18.4 Å². The molecule has 1 aromatic carbocycles. The molecule has 1 N–H and O–H groups in total. The average Bonchev–Trinajstić information content (AvgIpc) is 2.73. The molecule has 0 aliphatic rings. The van der Waals surface area contributed by atoms with Crippen LogP contribution >= 0.6 is 11.6 Å². The number of aromatic amines is 1. The van der Waals surface area contributed by atoms with Gasteiger partial charge in [-0.05, 0) is 45.0 Å². The fourth-order valence-corrected chi connectivity index (χ4v) is 2.07. The molecule has 0 radical (unpaired) electrons. The van der Waals surface area contributed by atoms with Crippen molar-refractivity contribution in [2.24, 2.45) is 0 Å². The van der Waals surface area contributed by atoms with Crippen LogP contribution in [0.15, 0.2) is 30.5 Å². The SMILES string of the molecule is Cc1ncc(CN(c2ccc(Cl)cc2)C(C)C)[nH]1. The predicted molar refractivity (Wildman–Crippen MR) is 76.1 cm³/mol. The van der Waals surface area contributed by atoms with E-state index in [1.807, 2.05) is 37.4 Å². The second kappa shape index (κ2) is 5.44. The summed E-state index contributed by atoms with van der Waals surface area (Å²) in [5.74, 6) is 0.949. The molecule has 0 unspecified atom stereocenters. The number of aromatic nitrogens is 2. The van der Waals surface area contributed by atoms with Gasteiger partial charge in [0.1, 0.15) is 5.82 Å². The molecule has 0 saturated carbocycles. The normalized spacial score (nSPS) is 10.9. The largest absolute Gasteiger partial charge is 0.363 e. The van der Waals surface area contributed by atoms with Crippen molar-refractivity contribution in [2.45, 2.75) is 33.4 Å². The highest BCUT2D eigenvalue weighted by molar-refractivity contribution is 6.30. The van der Waals surface area contributed by atoms with Gasteiger partial charge in [-0.15, -0.1) is 0 Å². The maximum absolute atomic E-state index is 5.92. The van der Waals surface area contributed by atoms with E-state index in [-0.39, 0.29) is 0 Å². The highest BCUT2D eigenvalue weighted by Gasteiger charge is 2.12. The first kappa shape index (κ1) is 13.0. The van der Waals surface area contributed by atoms with Gasteiger partial charge in [-0.2, -0.15) is 0 Å². The summed E-state index contributed by atoms with van der Waals surface area (Å²) in [5, 5.41) is 0.764. The molecule has 96 valence electrons. The molecule has 0 atom stereocenters. The van der Waals surface area contributed by atoms with Crippen LogP contribution < -0.4 is 4.90 Å². The van der Waals surface area contributed by atoms with Crippen molar-refractivity contribution in [3.05, 3.63) is 47.0 Å². The molecule has 4 heteroatoms. The van der Waals surface area contributed by atoms with Crippen molar-refractivity contribution < 1.29 is 0 Å². The second-order valence-electron chi connectivity index (χ2n) is 4.69. The third kappa shape index (κ3) is 3.05. The number of halogens is 1. The minimum Gasteiger partial charge on any atom is -0.363 e. The topological polar surface area (TPSA) is 31.9 Å². The van der Waals surface area contributed by atoms with Gasteiger partial charge in [0.15, 0.2) is 0 Å². The molecule has 0 fully saturated rings. The van der Waals surface area contributed by atoms with Crippen LogP contribution in [0.5, 0.6) is 0 Å². The van der Waals surface area contributed by atoms with Crippen LogP contribution in [0.1, 0.15) is 25.4 Å². The van der Waals surface area contributed by atoms with E-state index in [1.165, 1.54) is 5.69 Å². The number of aryl methyl sites for hydroxylation is 1. The second-order valence-corrected chi connectivity index (χ2v) is 5.13. The van der Waals surface area contributed by atoms with Crippen LogP contribution in [0.4, 0.5) is 5.69 Å². The highest BCUT2D eigenvalue weighted by atomic mass is 35.5. The summed E-state index contributed by atoms with van der Waals surface area (Å²) >= 11 is 5.92. The van der Waals surface area contributed by atoms with E-state index in [2.05, 4.69) is 28.7 Å². The fraction of sp³-hybridized carbons (Fsp3) is 0.357. The van der Waals surface area contributed by atoms with Gasteiger partial charge >= 0.3 is 0 Å². The molecule has 0 saturated heterocycles. The highest BCUT2D eigenvalue weighted by Crippen LogP contribution is 2.21. The van der Waals surface area contributed by atoms with Crippen molar-refractivity contribution in [3.63, 3.8) is 0 Å². The number of anilines is 1. The summed E-state index contributed by atoms with van der Waals surface area (Å²) in [6.07, 6.45) is 1.89. The Labute approximate surface area is 113 Å². The first-order valence-corrected chi connectivity index (χ1v) is 6.47. The quantitative estimate of drug-likeness (QED) is 0.910. The van der Waals surface area contributed by atoms with E-state index < -0.39 is 0 Å². The average molecular weight is 264 g/mol. The molecule has 0 spiro atoms. The summed E-state index contributed by atoms with van der Waals surface area (Å²) in [7, 11) is 0. The Hall–Kier alpha value is -1.48. The summed E-state index contributed by atoms with van der Waals surface area (Å²) in [6.45, 7) is 7.14.